The Morgan fingerprint density at radius 3 is 2.35 bits per heavy atom. The molecule has 2 aliphatic rings. The largest absolute Gasteiger partial charge is 0.394 e. The molecule has 10 nitrogen and oxygen atoms in total. The average molecular weight is 289 g/mol. The van der Waals surface area contributed by atoms with E-state index in [1.807, 2.05) is 0 Å². The Morgan fingerprint density at radius 2 is 1.90 bits per heavy atom. The molecule has 0 saturated carbocycles. The lowest BCUT2D eigenvalue weighted by atomic mass is 9.87. The lowest BCUT2D eigenvalue weighted by Gasteiger charge is -2.23. The number of rotatable bonds is 4. The van der Waals surface area contributed by atoms with Gasteiger partial charge in [-0.15, -0.1) is 0 Å². The van der Waals surface area contributed by atoms with Crippen molar-refractivity contribution in [2.75, 3.05) is 6.61 Å². The number of ether oxygens (including phenoxy) is 1. The predicted octanol–water partition coefficient (Wildman–Crippen LogP) is -4.19. The Balaban J connectivity index is 2.29. The van der Waals surface area contributed by atoms with E-state index in [1.165, 1.54) is 0 Å². The molecule has 1 saturated heterocycles. The Morgan fingerprint density at radius 1 is 1.25 bits per heavy atom. The number of hydrogen-bond donors (Lipinski definition) is 5. The smallest absolute Gasteiger partial charge is 0.267 e. The summed E-state index contributed by atoms with van der Waals surface area (Å²) in [6.45, 7) is -0.549. The summed E-state index contributed by atoms with van der Waals surface area (Å²) in [7, 11) is 0. The molecule has 2 aliphatic heterocycles. The van der Waals surface area contributed by atoms with Crippen LogP contribution >= 0.6 is 0 Å². The second-order valence-electron chi connectivity index (χ2n) is 4.60. The molecule has 0 aromatic heterocycles. The zero-order chi connectivity index (χ0) is 15.0. The van der Waals surface area contributed by atoms with Crippen LogP contribution in [0, 0.1) is 5.92 Å². The average Bonchev–Trinajstić information content (AvgIpc) is 2.93. The normalized spacial score (nSPS) is 40.2. The van der Waals surface area contributed by atoms with Gasteiger partial charge in [0.15, 0.2) is 5.71 Å². The van der Waals surface area contributed by atoms with Crippen molar-refractivity contribution in [2.45, 2.75) is 30.5 Å². The number of nitrogens with zero attached hydrogens (tertiary/aromatic N) is 1. The lowest BCUT2D eigenvalue weighted by molar-refractivity contribution is -0.134. The van der Waals surface area contributed by atoms with E-state index in [9.17, 15) is 19.8 Å². The van der Waals surface area contributed by atoms with Gasteiger partial charge in [0.05, 0.1) is 18.6 Å². The summed E-state index contributed by atoms with van der Waals surface area (Å²) in [4.78, 5) is 27.3. The summed E-state index contributed by atoms with van der Waals surface area (Å²) in [5, 5.41) is 32.0. The third-order valence-corrected chi connectivity index (χ3v) is 3.37. The quantitative estimate of drug-likeness (QED) is 0.348. The van der Waals surface area contributed by atoms with Crippen molar-refractivity contribution in [3.05, 3.63) is 0 Å². The molecule has 0 radical (unpaired) electrons. The fraction of sp³-hybridized carbons (Fsp3) is 0.700. The summed E-state index contributed by atoms with van der Waals surface area (Å²) >= 11 is 0. The number of oxime groups is 1. The molecule has 0 spiro atoms. The summed E-state index contributed by atoms with van der Waals surface area (Å²) in [5.41, 5.74) is 9.93. The van der Waals surface area contributed by atoms with Crippen molar-refractivity contribution in [2.24, 2.45) is 22.5 Å². The lowest BCUT2D eigenvalue weighted by Crippen LogP contribution is -2.49. The number of aliphatic hydroxyl groups excluding tert-OH is 3. The second-order valence-corrected chi connectivity index (χ2v) is 4.60. The maximum Gasteiger partial charge on any atom is 0.267 e. The van der Waals surface area contributed by atoms with Crippen LogP contribution in [-0.4, -0.2) is 70.0 Å². The summed E-state index contributed by atoms with van der Waals surface area (Å²) in [5.74, 6) is -3.03. The van der Waals surface area contributed by atoms with Crippen LogP contribution in [0.4, 0.5) is 0 Å². The molecule has 2 amide bonds. The standard InChI is InChI=1S/C10H15N3O7/c11-9(17)4-3(8(10(12)18)20-13-4)7-6(16)5(15)2(1-14)19-7/h2-3,5-8,14-16H,1H2,(H2,11,17)(H2,12,18)/t2-,3-,5+,6+,7+,8-/m1/s1. The van der Waals surface area contributed by atoms with Crippen LogP contribution in [0.25, 0.3) is 0 Å². The Labute approximate surface area is 112 Å². The minimum absolute atomic E-state index is 0.316. The van der Waals surface area contributed by atoms with Gasteiger partial charge in [-0.1, -0.05) is 5.16 Å². The monoisotopic (exact) mass is 289 g/mol. The highest BCUT2D eigenvalue weighted by molar-refractivity contribution is 6.40. The first-order valence-electron chi connectivity index (χ1n) is 5.83. The molecule has 1 fully saturated rings. The first-order chi connectivity index (χ1) is 9.38. The second kappa shape index (κ2) is 5.32. The van der Waals surface area contributed by atoms with E-state index in [4.69, 9.17) is 26.1 Å². The first-order valence-corrected chi connectivity index (χ1v) is 5.83. The van der Waals surface area contributed by atoms with E-state index in [2.05, 4.69) is 5.16 Å². The van der Waals surface area contributed by atoms with Gasteiger partial charge in [0.25, 0.3) is 11.8 Å². The van der Waals surface area contributed by atoms with E-state index >= 15 is 0 Å². The van der Waals surface area contributed by atoms with Crippen molar-refractivity contribution >= 4 is 17.5 Å². The van der Waals surface area contributed by atoms with Crippen molar-refractivity contribution < 1.29 is 34.5 Å². The molecule has 112 valence electrons. The molecular weight excluding hydrogens is 274 g/mol. The zero-order valence-corrected chi connectivity index (χ0v) is 10.2. The Hall–Kier alpha value is -1.75. The molecule has 10 heteroatoms. The predicted molar refractivity (Wildman–Crippen MR) is 61.9 cm³/mol. The molecule has 2 rings (SSSR count). The SMILES string of the molecule is NC(=O)C1=NO[C@@H](C(N)=O)[C@H]1[C@@H]1O[C@H](CO)[C@H](O)[C@@H]1O. The van der Waals surface area contributed by atoms with Crippen molar-refractivity contribution in [3.8, 4) is 0 Å². The van der Waals surface area contributed by atoms with Gasteiger partial charge in [0.1, 0.15) is 18.3 Å². The topological polar surface area (TPSA) is 178 Å². The number of carbonyl (C=O) groups is 2. The molecule has 0 aliphatic carbocycles. The van der Waals surface area contributed by atoms with Gasteiger partial charge in [-0.05, 0) is 0 Å². The number of hydrogen-bond acceptors (Lipinski definition) is 8. The molecule has 0 bridgehead atoms. The van der Waals surface area contributed by atoms with E-state index in [1.54, 1.807) is 0 Å². The van der Waals surface area contributed by atoms with Crippen LogP contribution in [0.5, 0.6) is 0 Å². The van der Waals surface area contributed by atoms with Crippen LogP contribution in [0.2, 0.25) is 0 Å². The van der Waals surface area contributed by atoms with Crippen molar-refractivity contribution in [1.29, 1.82) is 0 Å². The molecule has 20 heavy (non-hydrogen) atoms. The summed E-state index contributed by atoms with van der Waals surface area (Å²) in [6, 6.07) is 0. The van der Waals surface area contributed by atoms with Crippen LogP contribution in [0.3, 0.4) is 0 Å². The fourth-order valence-electron chi connectivity index (χ4n) is 2.37. The van der Waals surface area contributed by atoms with Gasteiger partial charge in [0, 0.05) is 0 Å². The summed E-state index contributed by atoms with van der Waals surface area (Å²) < 4.78 is 5.25. The Bertz CT molecular complexity index is 454. The number of amides is 2. The number of nitrogens with two attached hydrogens (primary N) is 2. The minimum Gasteiger partial charge on any atom is -0.394 e. The van der Waals surface area contributed by atoms with E-state index in [-0.39, 0.29) is 5.71 Å². The molecule has 2 heterocycles. The third kappa shape index (κ3) is 2.22. The van der Waals surface area contributed by atoms with Gasteiger partial charge in [-0.3, -0.25) is 9.59 Å². The van der Waals surface area contributed by atoms with Gasteiger partial charge in [0.2, 0.25) is 6.10 Å². The zero-order valence-electron chi connectivity index (χ0n) is 10.2. The van der Waals surface area contributed by atoms with E-state index in [0.29, 0.717) is 0 Å². The highest BCUT2D eigenvalue weighted by Gasteiger charge is 2.54. The number of aliphatic hydroxyl groups is 3. The third-order valence-electron chi connectivity index (χ3n) is 3.37. The number of primary amides is 2. The van der Waals surface area contributed by atoms with Crippen LogP contribution < -0.4 is 11.5 Å². The van der Waals surface area contributed by atoms with Crippen LogP contribution in [0.1, 0.15) is 0 Å². The van der Waals surface area contributed by atoms with Gasteiger partial charge >= 0.3 is 0 Å². The minimum atomic E-state index is -1.45. The van der Waals surface area contributed by atoms with E-state index in [0.717, 1.165) is 0 Å². The number of carbonyl (C=O) groups excluding carboxylic acids is 2. The van der Waals surface area contributed by atoms with Crippen LogP contribution in [0.15, 0.2) is 5.16 Å². The molecule has 7 N–H and O–H groups in total. The molecule has 0 unspecified atom stereocenters. The molecule has 0 aromatic rings. The summed E-state index contributed by atoms with van der Waals surface area (Å²) in [6.07, 6.45) is -6.44. The van der Waals surface area contributed by atoms with Crippen molar-refractivity contribution in [1.82, 2.24) is 0 Å². The maximum atomic E-state index is 11.3. The van der Waals surface area contributed by atoms with Gasteiger partial charge in [-0.2, -0.15) is 0 Å². The molecule has 0 aromatic carbocycles. The first kappa shape index (κ1) is 14.7. The highest BCUT2D eigenvalue weighted by Crippen LogP contribution is 2.33. The maximum absolute atomic E-state index is 11.3. The van der Waals surface area contributed by atoms with Gasteiger partial charge < -0.3 is 36.4 Å². The van der Waals surface area contributed by atoms with Crippen molar-refractivity contribution in [3.63, 3.8) is 0 Å². The van der Waals surface area contributed by atoms with E-state index < -0.39 is 54.9 Å². The van der Waals surface area contributed by atoms with Gasteiger partial charge in [-0.25, -0.2) is 0 Å². The van der Waals surface area contributed by atoms with Crippen LogP contribution in [-0.2, 0) is 19.2 Å². The fourth-order valence-corrected chi connectivity index (χ4v) is 2.37. The Kier molecular flexibility index (Phi) is 3.90. The highest BCUT2D eigenvalue weighted by atomic mass is 16.7. The molecular formula is C10H15N3O7. The molecule has 6 atom stereocenters.